The van der Waals surface area contributed by atoms with E-state index in [1.54, 1.807) is 31.9 Å². The van der Waals surface area contributed by atoms with Crippen LogP contribution in [0, 0.1) is 17.3 Å². The number of likely N-dealkylation sites (N-methyl/N-ethyl adjacent to an activating group) is 1. The number of nitrogens with zero attached hydrogens (tertiary/aromatic N) is 1. The summed E-state index contributed by atoms with van der Waals surface area (Å²) in [4.78, 5) is 39.2. The average Bonchev–Trinajstić information content (AvgIpc) is 2.84. The van der Waals surface area contributed by atoms with Gasteiger partial charge in [-0.15, -0.1) is 0 Å². The van der Waals surface area contributed by atoms with Gasteiger partial charge in [-0.1, -0.05) is 86.1 Å². The summed E-state index contributed by atoms with van der Waals surface area (Å²) in [7, 11) is 1.70. The number of rotatable bonds is 12. The van der Waals surface area contributed by atoms with E-state index in [0.29, 0.717) is 18.1 Å². The zero-order valence-corrected chi connectivity index (χ0v) is 24.2. The Hall–Kier alpha value is -1.85. The SMILES string of the molecule is C1CCCCC1.CCOC(=O)/C(C)=C/[C@H](C(C)C)N(C)C(=O)CNC(=O)C(CC)(CC)CC(C)C. The summed E-state index contributed by atoms with van der Waals surface area (Å²) in [5, 5.41) is 2.86. The molecule has 0 spiro atoms. The van der Waals surface area contributed by atoms with Gasteiger partial charge >= 0.3 is 5.97 Å². The fraction of sp³-hybridized carbons (Fsp3) is 0.828. The number of hydrogen-bond acceptors (Lipinski definition) is 4. The van der Waals surface area contributed by atoms with Crippen LogP contribution in [-0.2, 0) is 19.1 Å². The fourth-order valence-corrected chi connectivity index (χ4v) is 4.75. The first kappa shape index (κ1) is 33.1. The van der Waals surface area contributed by atoms with E-state index in [4.69, 9.17) is 4.74 Å². The van der Waals surface area contributed by atoms with Crippen LogP contribution in [0.3, 0.4) is 0 Å². The molecular formula is C29H54N2O4. The molecule has 0 unspecified atom stereocenters. The molecule has 1 atom stereocenters. The molecule has 0 heterocycles. The van der Waals surface area contributed by atoms with E-state index in [1.165, 1.54) is 38.5 Å². The number of hydrogen-bond donors (Lipinski definition) is 1. The van der Waals surface area contributed by atoms with Crippen molar-refractivity contribution in [2.45, 2.75) is 119 Å². The van der Waals surface area contributed by atoms with Crippen LogP contribution >= 0.6 is 0 Å². The first-order valence-electron chi connectivity index (χ1n) is 13.8. The summed E-state index contributed by atoms with van der Waals surface area (Å²) in [6.45, 7) is 16.0. The highest BCUT2D eigenvalue weighted by Gasteiger charge is 2.35. The van der Waals surface area contributed by atoms with Crippen molar-refractivity contribution in [2.24, 2.45) is 17.3 Å². The second-order valence-corrected chi connectivity index (χ2v) is 10.7. The van der Waals surface area contributed by atoms with Gasteiger partial charge in [0.1, 0.15) is 0 Å². The molecule has 0 aromatic rings. The molecule has 0 aromatic heterocycles. The van der Waals surface area contributed by atoms with Gasteiger partial charge in [0.15, 0.2) is 0 Å². The van der Waals surface area contributed by atoms with Gasteiger partial charge < -0.3 is 15.0 Å². The maximum Gasteiger partial charge on any atom is 0.333 e. The van der Waals surface area contributed by atoms with Crippen molar-refractivity contribution in [2.75, 3.05) is 20.2 Å². The number of esters is 1. The van der Waals surface area contributed by atoms with Crippen molar-refractivity contribution in [1.29, 1.82) is 0 Å². The van der Waals surface area contributed by atoms with Gasteiger partial charge in [-0.25, -0.2) is 4.79 Å². The summed E-state index contributed by atoms with van der Waals surface area (Å²) >= 11 is 0. The van der Waals surface area contributed by atoms with E-state index >= 15 is 0 Å². The Morgan fingerprint density at radius 1 is 0.943 bits per heavy atom. The monoisotopic (exact) mass is 494 g/mol. The Kier molecular flexibility index (Phi) is 16.6. The van der Waals surface area contributed by atoms with Gasteiger partial charge in [0.2, 0.25) is 11.8 Å². The largest absolute Gasteiger partial charge is 0.463 e. The highest BCUT2D eigenvalue weighted by Crippen LogP contribution is 2.34. The first-order valence-corrected chi connectivity index (χ1v) is 13.8. The molecule has 1 saturated carbocycles. The molecule has 6 nitrogen and oxygen atoms in total. The maximum atomic E-state index is 12.9. The summed E-state index contributed by atoms with van der Waals surface area (Å²) in [5.74, 6) is -0.111. The summed E-state index contributed by atoms with van der Waals surface area (Å²) < 4.78 is 5.03. The zero-order valence-electron chi connectivity index (χ0n) is 24.2. The van der Waals surface area contributed by atoms with Gasteiger partial charge in [0.25, 0.3) is 0 Å². The Balaban J connectivity index is 0.00000166. The second-order valence-electron chi connectivity index (χ2n) is 10.7. The van der Waals surface area contributed by atoms with Gasteiger partial charge in [0, 0.05) is 18.0 Å². The summed E-state index contributed by atoms with van der Waals surface area (Å²) in [6.07, 6.45) is 13.1. The van der Waals surface area contributed by atoms with Crippen molar-refractivity contribution in [3.8, 4) is 0 Å². The lowest BCUT2D eigenvalue weighted by molar-refractivity contribution is -0.138. The van der Waals surface area contributed by atoms with E-state index in [9.17, 15) is 14.4 Å². The van der Waals surface area contributed by atoms with Gasteiger partial charge in [-0.2, -0.15) is 0 Å². The molecule has 35 heavy (non-hydrogen) atoms. The lowest BCUT2D eigenvalue weighted by Gasteiger charge is -2.33. The van der Waals surface area contributed by atoms with Crippen LogP contribution in [0.2, 0.25) is 0 Å². The molecule has 1 rings (SSSR count). The minimum Gasteiger partial charge on any atom is -0.463 e. The average molecular weight is 495 g/mol. The number of amides is 2. The topological polar surface area (TPSA) is 75.7 Å². The van der Waals surface area contributed by atoms with Crippen LogP contribution in [0.4, 0.5) is 0 Å². The minimum absolute atomic E-state index is 0.0509. The summed E-state index contributed by atoms with van der Waals surface area (Å²) in [6, 6.07) is -0.262. The Morgan fingerprint density at radius 3 is 1.80 bits per heavy atom. The number of carbonyl (C=O) groups excluding carboxylic acids is 3. The standard InChI is InChI=1S/C23H42N2O4.C6H12/c1-10-23(11-2,14-16(4)5)22(28)24-15-20(26)25(9)19(17(6)7)13-18(8)21(27)29-12-3;1-2-4-6-5-3-1/h13,16-17,19H,10-12,14-15H2,1-9H3,(H,24,28);1-6H2/b18-13+;/t19-;/m1./s1. The Bertz CT molecular complexity index is 650. The lowest BCUT2D eigenvalue weighted by atomic mass is 9.75. The molecule has 1 aliphatic rings. The van der Waals surface area contributed by atoms with E-state index in [2.05, 4.69) is 19.2 Å². The molecule has 0 bridgehead atoms. The first-order chi connectivity index (χ1) is 16.4. The molecule has 0 saturated heterocycles. The van der Waals surface area contributed by atoms with Crippen LogP contribution in [0.25, 0.3) is 0 Å². The van der Waals surface area contributed by atoms with E-state index in [1.807, 2.05) is 27.7 Å². The van der Waals surface area contributed by atoms with E-state index in [-0.39, 0.29) is 36.3 Å². The third kappa shape index (κ3) is 12.1. The smallest absolute Gasteiger partial charge is 0.333 e. The molecule has 6 heteroatoms. The normalized spacial score (nSPS) is 15.2. The maximum absolute atomic E-state index is 12.9. The van der Waals surface area contributed by atoms with Crippen molar-refractivity contribution in [1.82, 2.24) is 10.2 Å². The molecule has 2 amide bonds. The molecule has 0 aromatic carbocycles. The number of carbonyl (C=O) groups is 3. The highest BCUT2D eigenvalue weighted by atomic mass is 16.5. The van der Waals surface area contributed by atoms with E-state index in [0.717, 1.165) is 19.3 Å². The van der Waals surface area contributed by atoms with Gasteiger partial charge in [-0.05, 0) is 44.9 Å². The second kappa shape index (κ2) is 17.6. The van der Waals surface area contributed by atoms with Gasteiger partial charge in [-0.3, -0.25) is 9.59 Å². The van der Waals surface area contributed by atoms with Crippen molar-refractivity contribution < 1.29 is 19.1 Å². The van der Waals surface area contributed by atoms with Crippen LogP contribution < -0.4 is 5.32 Å². The van der Waals surface area contributed by atoms with Crippen molar-refractivity contribution in [3.05, 3.63) is 11.6 Å². The molecule has 1 N–H and O–H groups in total. The zero-order chi connectivity index (χ0) is 27.0. The fourth-order valence-electron chi connectivity index (χ4n) is 4.75. The van der Waals surface area contributed by atoms with E-state index < -0.39 is 5.41 Å². The van der Waals surface area contributed by atoms with Crippen LogP contribution in [0.15, 0.2) is 11.6 Å². The molecule has 204 valence electrons. The van der Waals surface area contributed by atoms with Crippen LogP contribution in [-0.4, -0.2) is 48.9 Å². The van der Waals surface area contributed by atoms with Gasteiger partial charge in [0.05, 0.1) is 19.2 Å². The molecule has 0 radical (unpaired) electrons. The molecular weight excluding hydrogens is 440 g/mol. The third-order valence-electron chi connectivity index (χ3n) is 7.08. The molecule has 0 aliphatic heterocycles. The lowest BCUT2D eigenvalue weighted by Crippen LogP contribution is -2.48. The number of nitrogens with one attached hydrogen (secondary N) is 1. The predicted molar refractivity (Wildman–Crippen MR) is 145 cm³/mol. The van der Waals surface area contributed by atoms with Crippen LogP contribution in [0.5, 0.6) is 0 Å². The van der Waals surface area contributed by atoms with Crippen molar-refractivity contribution in [3.63, 3.8) is 0 Å². The van der Waals surface area contributed by atoms with Crippen LogP contribution in [0.1, 0.15) is 113 Å². The highest BCUT2D eigenvalue weighted by molar-refractivity contribution is 5.89. The summed E-state index contributed by atoms with van der Waals surface area (Å²) in [5.41, 5.74) is 0.0346. The quantitative estimate of drug-likeness (QED) is 0.256. The number of ether oxygens (including phenoxy) is 1. The van der Waals surface area contributed by atoms with Crippen molar-refractivity contribution >= 4 is 17.8 Å². The third-order valence-corrected chi connectivity index (χ3v) is 7.08. The Labute approximate surface area is 215 Å². The predicted octanol–water partition coefficient (Wildman–Crippen LogP) is 6.29. The minimum atomic E-state index is -0.440. The Morgan fingerprint density at radius 2 is 1.43 bits per heavy atom. The molecule has 1 aliphatic carbocycles. The molecule has 1 fully saturated rings.